The Morgan fingerprint density at radius 1 is 0.464 bits per heavy atom. The van der Waals surface area contributed by atoms with E-state index in [0.29, 0.717) is 0 Å². The molecule has 0 atom stereocenters. The average Bonchev–Trinajstić information content (AvgIpc) is 4.18. The first kappa shape index (κ1) is 40.1. The zero-order valence-corrected chi connectivity index (χ0v) is 39.6. The molecule has 4 aliphatic rings. The zero-order valence-electron chi connectivity index (χ0n) is 39.6. The first-order chi connectivity index (χ1) is 33.7. The van der Waals surface area contributed by atoms with Crippen molar-refractivity contribution in [3.05, 3.63) is 220 Å². The fourth-order valence-electron chi connectivity index (χ4n) is 13.0. The van der Waals surface area contributed by atoms with Gasteiger partial charge in [0, 0.05) is 63.1 Å². The van der Waals surface area contributed by atoms with Crippen LogP contribution < -0.4 is 0 Å². The predicted octanol–water partition coefficient (Wildman–Crippen LogP) is 16.1. The smallest absolute Gasteiger partial charge is 0.0722 e. The van der Waals surface area contributed by atoms with Crippen molar-refractivity contribution in [3.63, 3.8) is 0 Å². The summed E-state index contributed by atoms with van der Waals surface area (Å²) in [6.45, 7) is 9.42. The van der Waals surface area contributed by atoms with Crippen LogP contribution in [0, 0.1) is 5.41 Å². The van der Waals surface area contributed by atoms with Gasteiger partial charge in [0.25, 0.3) is 0 Å². The van der Waals surface area contributed by atoms with Crippen LogP contribution in [0.4, 0.5) is 0 Å². The largest absolute Gasteiger partial charge is 0.320 e. The van der Waals surface area contributed by atoms with Crippen molar-refractivity contribution in [1.82, 2.24) is 13.9 Å². The molecule has 4 nitrogen and oxygen atoms in total. The van der Waals surface area contributed by atoms with E-state index in [4.69, 9.17) is 5.41 Å². The van der Waals surface area contributed by atoms with Gasteiger partial charge in [-0.2, -0.15) is 0 Å². The third-order valence-corrected chi connectivity index (χ3v) is 16.5. The monoisotopic (exact) mass is 888 g/mol. The van der Waals surface area contributed by atoms with Crippen molar-refractivity contribution in [2.75, 3.05) is 0 Å². The van der Waals surface area contributed by atoms with Crippen LogP contribution in [-0.4, -0.2) is 20.1 Å². The molecule has 332 valence electrons. The Kier molecular flexibility index (Phi) is 8.45. The Morgan fingerprint density at radius 2 is 1.04 bits per heavy atom. The van der Waals surface area contributed by atoms with Crippen molar-refractivity contribution in [1.29, 1.82) is 5.41 Å². The molecule has 7 aromatic carbocycles. The van der Waals surface area contributed by atoms with Crippen molar-refractivity contribution >= 4 is 56.8 Å². The number of nitrogens with zero attached hydrogens (tertiary/aromatic N) is 3. The molecule has 0 saturated heterocycles. The summed E-state index contributed by atoms with van der Waals surface area (Å²) in [5.41, 5.74) is 28.0. The van der Waals surface area contributed by atoms with Crippen LogP contribution in [0.15, 0.2) is 170 Å². The van der Waals surface area contributed by atoms with E-state index in [1.165, 1.54) is 139 Å². The van der Waals surface area contributed by atoms with Crippen molar-refractivity contribution < 1.29 is 0 Å². The van der Waals surface area contributed by atoms with Crippen LogP contribution in [0.2, 0.25) is 0 Å². The summed E-state index contributed by atoms with van der Waals surface area (Å²) in [5, 5.41) is 11.5. The lowest BCUT2D eigenvalue weighted by Crippen LogP contribution is -2.14. The van der Waals surface area contributed by atoms with Crippen molar-refractivity contribution in [2.45, 2.75) is 64.2 Å². The van der Waals surface area contributed by atoms with Crippen LogP contribution in [0.5, 0.6) is 0 Å². The maximum atomic E-state index is 7.62. The highest BCUT2D eigenvalue weighted by atomic mass is 15.4. The molecule has 69 heavy (non-hydrogen) atoms. The van der Waals surface area contributed by atoms with Gasteiger partial charge in [-0.3, -0.25) is 4.68 Å². The lowest BCUT2D eigenvalue weighted by molar-refractivity contribution is 0.660. The van der Waals surface area contributed by atoms with E-state index in [0.717, 1.165) is 25.7 Å². The molecule has 4 heteroatoms. The summed E-state index contributed by atoms with van der Waals surface area (Å²) in [7, 11) is 0. The van der Waals surface area contributed by atoms with Crippen LogP contribution in [0.3, 0.4) is 0 Å². The maximum Gasteiger partial charge on any atom is 0.0722 e. The number of nitrogens with one attached hydrogen (secondary N) is 1. The van der Waals surface area contributed by atoms with Gasteiger partial charge < -0.3 is 9.98 Å². The van der Waals surface area contributed by atoms with Crippen molar-refractivity contribution in [3.8, 4) is 44.5 Å². The van der Waals surface area contributed by atoms with E-state index in [1.54, 1.807) is 6.08 Å². The minimum Gasteiger partial charge on any atom is -0.320 e. The molecule has 0 saturated carbocycles. The molecule has 3 heterocycles. The quantitative estimate of drug-likeness (QED) is 0.128. The number of hydrogen-bond donors (Lipinski definition) is 1. The molecule has 0 amide bonds. The van der Waals surface area contributed by atoms with E-state index < -0.39 is 0 Å². The van der Waals surface area contributed by atoms with E-state index >= 15 is 0 Å². The number of aromatic nitrogens is 3. The Labute approximate surface area is 403 Å². The molecule has 0 aliphatic heterocycles. The standard InChI is InChI=1S/C65H52N4/c1-64(2)56-16-8-6-14-46(56)50-32-40(20-24-58(50)64)42-22-26-60-52(34-42)54-36-44-18-19-45-37-55-53-35-43(41-21-25-59-51(33-41)47-15-7-9-17-57(47)65(59,3)4)23-27-61(53)69(67-29-12-13-30-67)63(55)39-49(45)48(44)38-62(54)68(60)31-11-5-10-28-66/h5-17,20-21,23-25,27-39,66H,18-19,22,26H2,1-4H3/b10-5-,31-11+,66-28?. The van der Waals surface area contributed by atoms with Crippen LogP contribution in [0.1, 0.15) is 84.3 Å². The molecule has 1 N–H and O–H groups in total. The van der Waals surface area contributed by atoms with Gasteiger partial charge in [-0.25, -0.2) is 4.68 Å². The van der Waals surface area contributed by atoms with Gasteiger partial charge in [0.15, 0.2) is 0 Å². The van der Waals surface area contributed by atoms with E-state index in [-0.39, 0.29) is 10.8 Å². The van der Waals surface area contributed by atoms with Gasteiger partial charge in [0.05, 0.1) is 16.6 Å². The molecular weight excluding hydrogens is 837 g/mol. The third-order valence-electron chi connectivity index (χ3n) is 16.5. The van der Waals surface area contributed by atoms with Gasteiger partial charge in [0.1, 0.15) is 0 Å². The summed E-state index contributed by atoms with van der Waals surface area (Å²) in [6.07, 6.45) is 20.1. The van der Waals surface area contributed by atoms with E-state index in [1.807, 2.05) is 6.08 Å². The molecule has 4 aliphatic carbocycles. The Hall–Kier alpha value is -7.95. The first-order valence-electron chi connectivity index (χ1n) is 24.7. The highest BCUT2D eigenvalue weighted by Gasteiger charge is 2.37. The van der Waals surface area contributed by atoms with Gasteiger partial charge in [-0.1, -0.05) is 113 Å². The average molecular weight is 889 g/mol. The molecule has 3 aromatic heterocycles. The molecule has 10 aromatic rings. The summed E-state index contributed by atoms with van der Waals surface area (Å²) >= 11 is 0. The first-order valence-corrected chi connectivity index (χ1v) is 24.7. The molecule has 0 spiro atoms. The SMILES string of the molecule is CC1(C)c2ccccc2-c2cc(C3=Cc4c(n(/C=C/C=C\C=N)c5cc6c(cc45)CCc4cc5c7cc(-c8ccc9c(c8)-c8ccccc8C9(C)C)ccc7n(-n7cccc7)c5cc4-6)CC3)ccc21. The van der Waals surface area contributed by atoms with Crippen molar-refractivity contribution in [2.24, 2.45) is 0 Å². The van der Waals surface area contributed by atoms with E-state index in [2.05, 4.69) is 212 Å². The van der Waals surface area contributed by atoms with Gasteiger partial charge in [-0.05, 0) is 194 Å². The third kappa shape index (κ3) is 5.72. The fourth-order valence-corrected chi connectivity index (χ4v) is 13.0. The van der Waals surface area contributed by atoms with Crippen LogP contribution in [-0.2, 0) is 30.1 Å². The predicted molar refractivity (Wildman–Crippen MR) is 289 cm³/mol. The number of rotatable bonds is 6. The van der Waals surface area contributed by atoms with Crippen LogP contribution >= 0.6 is 0 Å². The zero-order chi connectivity index (χ0) is 46.3. The molecule has 0 radical (unpaired) electrons. The Bertz CT molecular complexity index is 3960. The second-order valence-corrected chi connectivity index (χ2v) is 20.8. The molecule has 0 unspecified atom stereocenters. The summed E-state index contributed by atoms with van der Waals surface area (Å²) in [4.78, 5) is 0. The second kappa shape index (κ2) is 14.5. The topological polar surface area (TPSA) is 38.6 Å². The molecule has 0 fully saturated rings. The highest BCUT2D eigenvalue weighted by Crippen LogP contribution is 2.52. The van der Waals surface area contributed by atoms with Crippen LogP contribution in [0.25, 0.3) is 95.1 Å². The fraction of sp³-hybridized carbons (Fsp3) is 0.154. The maximum absolute atomic E-state index is 7.62. The summed E-state index contributed by atoms with van der Waals surface area (Å²) < 4.78 is 7.06. The number of hydrogen-bond acceptors (Lipinski definition) is 1. The minimum absolute atomic E-state index is 0.00867. The lowest BCUT2D eigenvalue weighted by Gasteiger charge is -2.22. The minimum atomic E-state index is -0.0185. The lowest BCUT2D eigenvalue weighted by atomic mass is 9.81. The van der Waals surface area contributed by atoms with Gasteiger partial charge in [0.2, 0.25) is 0 Å². The molecule has 14 rings (SSSR count). The normalized spacial score (nSPS) is 15.9. The number of aryl methyl sites for hydroxylation is 2. The number of fused-ring (bicyclic) bond motifs is 15. The highest BCUT2D eigenvalue weighted by molar-refractivity contribution is 6.12. The Morgan fingerprint density at radius 3 is 1.74 bits per heavy atom. The van der Waals surface area contributed by atoms with Gasteiger partial charge in [-0.15, -0.1) is 0 Å². The second-order valence-electron chi connectivity index (χ2n) is 20.8. The van der Waals surface area contributed by atoms with Gasteiger partial charge >= 0.3 is 0 Å². The van der Waals surface area contributed by atoms with E-state index in [9.17, 15) is 0 Å². The molecular formula is C65H52N4. The summed E-state index contributed by atoms with van der Waals surface area (Å²) in [6, 6.07) is 53.5. The summed E-state index contributed by atoms with van der Waals surface area (Å²) in [5.74, 6) is 0. The molecule has 0 bridgehead atoms. The number of allylic oxidation sites excluding steroid dienone is 4. The Balaban J connectivity index is 0.916. The number of benzene rings is 7.